The molecule has 0 spiro atoms. The Labute approximate surface area is 184 Å². The number of aromatic nitrogens is 2. The average Bonchev–Trinajstić information content (AvgIpc) is 2.84. The predicted octanol–water partition coefficient (Wildman–Crippen LogP) is 5.01. The summed E-state index contributed by atoms with van der Waals surface area (Å²) in [7, 11) is 1.60. The molecule has 0 bridgehead atoms. The molecule has 6 nitrogen and oxygen atoms in total. The lowest BCUT2D eigenvalue weighted by molar-refractivity contribution is 0.0951. The van der Waals surface area contributed by atoms with E-state index in [4.69, 9.17) is 9.47 Å². The SMILES string of the molecule is COc1ccc(Oc2ccnc(-c3ccc(C(=O)NCc4ccc(F)cc4)cc3)n2)cc1. The number of carbonyl (C=O) groups is 1. The van der Waals surface area contributed by atoms with Crippen molar-refractivity contribution in [3.8, 4) is 28.8 Å². The van der Waals surface area contributed by atoms with E-state index in [1.165, 1.54) is 12.1 Å². The number of halogens is 1. The zero-order valence-corrected chi connectivity index (χ0v) is 17.3. The fourth-order valence-electron chi connectivity index (χ4n) is 2.96. The average molecular weight is 429 g/mol. The smallest absolute Gasteiger partial charge is 0.251 e. The maximum Gasteiger partial charge on any atom is 0.251 e. The second-order valence-electron chi connectivity index (χ2n) is 6.88. The highest BCUT2D eigenvalue weighted by molar-refractivity contribution is 5.94. The lowest BCUT2D eigenvalue weighted by atomic mass is 10.1. The monoisotopic (exact) mass is 429 g/mol. The van der Waals surface area contributed by atoms with E-state index in [0.29, 0.717) is 29.6 Å². The van der Waals surface area contributed by atoms with Gasteiger partial charge < -0.3 is 14.8 Å². The van der Waals surface area contributed by atoms with Crippen LogP contribution >= 0.6 is 0 Å². The molecule has 1 heterocycles. The van der Waals surface area contributed by atoms with Gasteiger partial charge in [0.15, 0.2) is 5.82 Å². The first-order chi connectivity index (χ1) is 15.6. The van der Waals surface area contributed by atoms with Gasteiger partial charge in [0.25, 0.3) is 5.91 Å². The molecule has 0 unspecified atom stereocenters. The largest absolute Gasteiger partial charge is 0.497 e. The van der Waals surface area contributed by atoms with Gasteiger partial charge in [-0.3, -0.25) is 4.79 Å². The zero-order valence-electron chi connectivity index (χ0n) is 17.3. The zero-order chi connectivity index (χ0) is 22.3. The van der Waals surface area contributed by atoms with Crippen molar-refractivity contribution in [3.05, 3.63) is 102 Å². The Bertz CT molecular complexity index is 1190. The molecule has 32 heavy (non-hydrogen) atoms. The van der Waals surface area contributed by atoms with Crippen molar-refractivity contribution in [1.82, 2.24) is 15.3 Å². The molecule has 3 aromatic carbocycles. The summed E-state index contributed by atoms with van der Waals surface area (Å²) in [5.41, 5.74) is 2.07. The van der Waals surface area contributed by atoms with Gasteiger partial charge in [-0.2, -0.15) is 4.98 Å². The molecule has 0 aliphatic heterocycles. The summed E-state index contributed by atoms with van der Waals surface area (Å²) in [6, 6.07) is 21.8. The van der Waals surface area contributed by atoms with Gasteiger partial charge in [0.2, 0.25) is 5.88 Å². The summed E-state index contributed by atoms with van der Waals surface area (Å²) in [6.45, 7) is 0.314. The number of carbonyl (C=O) groups excluding carboxylic acids is 1. The van der Waals surface area contributed by atoms with Gasteiger partial charge in [-0.1, -0.05) is 24.3 Å². The molecule has 0 atom stereocenters. The van der Waals surface area contributed by atoms with Crippen molar-refractivity contribution >= 4 is 5.91 Å². The van der Waals surface area contributed by atoms with Gasteiger partial charge >= 0.3 is 0 Å². The van der Waals surface area contributed by atoms with Gasteiger partial charge in [-0.25, -0.2) is 9.37 Å². The van der Waals surface area contributed by atoms with Crippen LogP contribution in [0.4, 0.5) is 4.39 Å². The summed E-state index contributed by atoms with van der Waals surface area (Å²) >= 11 is 0. The number of amides is 1. The van der Waals surface area contributed by atoms with Crippen molar-refractivity contribution in [2.75, 3.05) is 7.11 Å². The topological polar surface area (TPSA) is 73.3 Å². The van der Waals surface area contributed by atoms with E-state index in [0.717, 1.165) is 16.9 Å². The Morgan fingerprint density at radius 3 is 2.28 bits per heavy atom. The highest BCUT2D eigenvalue weighted by Gasteiger charge is 2.09. The Morgan fingerprint density at radius 2 is 1.59 bits per heavy atom. The van der Waals surface area contributed by atoms with Gasteiger partial charge in [-0.05, 0) is 54.1 Å². The molecule has 0 aliphatic carbocycles. The molecule has 1 aromatic heterocycles. The number of hydrogen-bond acceptors (Lipinski definition) is 5. The molecule has 4 rings (SSSR count). The van der Waals surface area contributed by atoms with Crippen LogP contribution in [-0.4, -0.2) is 23.0 Å². The summed E-state index contributed by atoms with van der Waals surface area (Å²) < 4.78 is 23.9. The number of nitrogens with zero attached hydrogens (tertiary/aromatic N) is 2. The van der Waals surface area contributed by atoms with Gasteiger partial charge in [-0.15, -0.1) is 0 Å². The Morgan fingerprint density at radius 1 is 0.906 bits per heavy atom. The summed E-state index contributed by atoms with van der Waals surface area (Å²) in [6.07, 6.45) is 1.62. The molecule has 0 saturated heterocycles. The Kier molecular flexibility index (Phi) is 6.36. The first-order valence-corrected chi connectivity index (χ1v) is 9.89. The molecular formula is C25H20FN3O3. The van der Waals surface area contributed by atoms with E-state index in [9.17, 15) is 9.18 Å². The fourth-order valence-corrected chi connectivity index (χ4v) is 2.96. The molecular weight excluding hydrogens is 409 g/mol. The van der Waals surface area contributed by atoms with Crippen molar-refractivity contribution in [2.45, 2.75) is 6.54 Å². The molecule has 0 radical (unpaired) electrons. The molecule has 1 amide bonds. The van der Waals surface area contributed by atoms with E-state index >= 15 is 0 Å². The van der Waals surface area contributed by atoms with E-state index in [1.807, 2.05) is 0 Å². The van der Waals surface area contributed by atoms with Crippen molar-refractivity contribution in [1.29, 1.82) is 0 Å². The third kappa shape index (κ3) is 5.26. The van der Waals surface area contributed by atoms with Crippen LogP contribution in [0.3, 0.4) is 0 Å². The van der Waals surface area contributed by atoms with Crippen LogP contribution in [-0.2, 0) is 6.54 Å². The lowest BCUT2D eigenvalue weighted by Gasteiger charge is -2.08. The number of benzene rings is 3. The van der Waals surface area contributed by atoms with Crippen LogP contribution in [0.5, 0.6) is 17.4 Å². The Hall–Kier alpha value is -4.26. The molecule has 160 valence electrons. The van der Waals surface area contributed by atoms with Crippen LogP contribution in [0.25, 0.3) is 11.4 Å². The maximum absolute atomic E-state index is 13.0. The number of rotatable bonds is 7. The van der Waals surface area contributed by atoms with E-state index in [2.05, 4.69) is 15.3 Å². The fraction of sp³-hybridized carbons (Fsp3) is 0.0800. The van der Waals surface area contributed by atoms with E-state index < -0.39 is 0 Å². The number of methoxy groups -OCH3 is 1. The van der Waals surface area contributed by atoms with E-state index in [-0.39, 0.29) is 11.7 Å². The number of hydrogen-bond donors (Lipinski definition) is 1. The second-order valence-corrected chi connectivity index (χ2v) is 6.88. The minimum Gasteiger partial charge on any atom is -0.497 e. The van der Waals surface area contributed by atoms with Crippen molar-refractivity contribution in [3.63, 3.8) is 0 Å². The lowest BCUT2D eigenvalue weighted by Crippen LogP contribution is -2.22. The summed E-state index contributed by atoms with van der Waals surface area (Å²) in [5, 5.41) is 2.82. The van der Waals surface area contributed by atoms with E-state index in [1.54, 1.807) is 80.0 Å². The van der Waals surface area contributed by atoms with Gasteiger partial charge in [0.1, 0.15) is 17.3 Å². The van der Waals surface area contributed by atoms with Crippen LogP contribution in [0.1, 0.15) is 15.9 Å². The Balaban J connectivity index is 1.41. The van der Waals surface area contributed by atoms with Crippen LogP contribution in [0.2, 0.25) is 0 Å². The molecule has 4 aromatic rings. The predicted molar refractivity (Wildman–Crippen MR) is 118 cm³/mol. The first kappa shape index (κ1) is 21.0. The van der Waals surface area contributed by atoms with Gasteiger partial charge in [0, 0.05) is 29.9 Å². The van der Waals surface area contributed by atoms with Crippen LogP contribution in [0.15, 0.2) is 85.1 Å². The minimum absolute atomic E-state index is 0.224. The normalized spacial score (nSPS) is 10.4. The molecule has 1 N–H and O–H groups in total. The highest BCUT2D eigenvalue weighted by atomic mass is 19.1. The quantitative estimate of drug-likeness (QED) is 0.447. The third-order valence-corrected chi connectivity index (χ3v) is 4.68. The second kappa shape index (κ2) is 9.70. The highest BCUT2D eigenvalue weighted by Crippen LogP contribution is 2.24. The van der Waals surface area contributed by atoms with Crippen molar-refractivity contribution in [2.24, 2.45) is 0 Å². The number of ether oxygens (including phenoxy) is 2. The third-order valence-electron chi connectivity index (χ3n) is 4.68. The number of nitrogens with one attached hydrogen (secondary N) is 1. The first-order valence-electron chi connectivity index (χ1n) is 9.89. The molecule has 0 saturated carbocycles. The maximum atomic E-state index is 13.0. The minimum atomic E-state index is -0.309. The standard InChI is InChI=1S/C25H20FN3O3/c1-31-21-10-12-22(13-11-21)32-23-14-15-27-24(29-23)18-4-6-19(7-5-18)25(30)28-16-17-2-8-20(26)9-3-17/h2-15H,16H2,1H3,(H,28,30). The van der Waals surface area contributed by atoms with Crippen LogP contribution < -0.4 is 14.8 Å². The molecule has 7 heteroatoms. The van der Waals surface area contributed by atoms with Gasteiger partial charge in [0.05, 0.1) is 7.11 Å². The summed E-state index contributed by atoms with van der Waals surface area (Å²) in [5.74, 6) is 1.72. The summed E-state index contributed by atoms with van der Waals surface area (Å²) in [4.78, 5) is 21.1. The van der Waals surface area contributed by atoms with Crippen LogP contribution in [0, 0.1) is 5.82 Å². The van der Waals surface area contributed by atoms with Crippen molar-refractivity contribution < 1.29 is 18.7 Å². The molecule has 0 fully saturated rings. The molecule has 0 aliphatic rings.